The first-order valence-electron chi connectivity index (χ1n) is 23.5. The molecular formula is C50H62N8O6. The van der Waals surface area contributed by atoms with Crippen molar-refractivity contribution in [2.24, 2.45) is 47.3 Å². The Kier molecular flexibility index (Phi) is 11.0. The molecule has 4 amide bonds. The predicted molar refractivity (Wildman–Crippen MR) is 240 cm³/mol. The highest BCUT2D eigenvalue weighted by atomic mass is 16.5. The van der Waals surface area contributed by atoms with E-state index in [1.54, 1.807) is 0 Å². The minimum Gasteiger partial charge on any atom is -0.453 e. The number of likely N-dealkylation sites (tertiary alicyclic amines) is 2. The lowest BCUT2D eigenvalue weighted by Crippen LogP contribution is -2.53. The van der Waals surface area contributed by atoms with Crippen molar-refractivity contribution in [2.75, 3.05) is 14.2 Å². The number of aromatic nitrogens is 4. The summed E-state index contributed by atoms with van der Waals surface area (Å²) in [5, 5.41) is 5.84. The van der Waals surface area contributed by atoms with Gasteiger partial charge in [-0.1, -0.05) is 69.3 Å². The minimum absolute atomic E-state index is 0.00672. The number of alkyl carbamates (subject to hydrolysis) is 2. The van der Waals surface area contributed by atoms with Gasteiger partial charge in [0.15, 0.2) is 0 Å². The van der Waals surface area contributed by atoms with Gasteiger partial charge in [0.1, 0.15) is 23.7 Å². The number of carbonyl (C=O) groups is 4. The molecule has 14 heteroatoms. The summed E-state index contributed by atoms with van der Waals surface area (Å²) >= 11 is 0. The van der Waals surface area contributed by atoms with Gasteiger partial charge in [0.2, 0.25) is 11.8 Å². The number of fused-ring (bicyclic) bond motifs is 2. The van der Waals surface area contributed by atoms with E-state index in [1.165, 1.54) is 20.6 Å². The molecule has 14 nitrogen and oxygen atoms in total. The van der Waals surface area contributed by atoms with Gasteiger partial charge in [-0.2, -0.15) is 0 Å². The fraction of sp³-hybridized carbons (Fsp3) is 0.560. The molecule has 4 aliphatic carbocycles. The molecule has 4 aromatic rings. The fourth-order valence-electron chi connectivity index (χ4n) is 12.1. The molecule has 10 rings (SSSR count). The number of aromatic amines is 2. The second-order valence-electron chi connectivity index (χ2n) is 20.2. The SMILES string of the molecule is COC(=O)NC(C(=O)N1[C@H](C)[C@H](C)C[C@H]1c1nc(-c2ccc(-c3ccc(-c4c[nH]c([C@@H]5C[C@H]6C[C@H]6N5C(=O)C(NC(=O)OC)[C@H]5C[C@@H]6C[C@@H]6C5)n4)cc3)cc2)c[nH]1)[C@@H]1C[C@@H](C)[C@@H](C)C1. The molecule has 6 aliphatic rings. The van der Waals surface area contributed by atoms with Crippen LogP contribution in [0.2, 0.25) is 0 Å². The quantitative estimate of drug-likeness (QED) is 0.117. The summed E-state index contributed by atoms with van der Waals surface area (Å²) in [4.78, 5) is 74.5. The summed E-state index contributed by atoms with van der Waals surface area (Å²) in [5.41, 5.74) is 5.71. The number of carbonyl (C=O) groups excluding carboxylic acids is 4. The van der Waals surface area contributed by atoms with Crippen molar-refractivity contribution in [1.82, 2.24) is 40.4 Å². The lowest BCUT2D eigenvalue weighted by Gasteiger charge is -2.34. The molecule has 2 aromatic heterocycles. The van der Waals surface area contributed by atoms with Crippen LogP contribution in [0, 0.1) is 47.3 Å². The van der Waals surface area contributed by atoms with Crippen LogP contribution in [-0.2, 0) is 19.1 Å². The number of methoxy groups -OCH3 is 2. The van der Waals surface area contributed by atoms with Crippen LogP contribution in [0.1, 0.15) is 103 Å². The smallest absolute Gasteiger partial charge is 0.407 e. The van der Waals surface area contributed by atoms with Crippen molar-refractivity contribution >= 4 is 24.0 Å². The van der Waals surface area contributed by atoms with Crippen molar-refractivity contribution in [3.63, 3.8) is 0 Å². The summed E-state index contributed by atoms with van der Waals surface area (Å²) in [6.07, 6.45) is 10.3. The number of hydrogen-bond donors (Lipinski definition) is 4. The van der Waals surface area contributed by atoms with Gasteiger partial charge in [0.25, 0.3) is 0 Å². The molecule has 64 heavy (non-hydrogen) atoms. The Labute approximate surface area is 375 Å². The van der Waals surface area contributed by atoms with Crippen LogP contribution in [-0.4, -0.2) is 92.1 Å². The highest BCUT2D eigenvalue weighted by molar-refractivity contribution is 5.88. The molecule has 0 spiro atoms. The molecule has 14 atom stereocenters. The topological polar surface area (TPSA) is 175 Å². The van der Waals surface area contributed by atoms with Crippen LogP contribution in [0.4, 0.5) is 9.59 Å². The molecule has 4 heterocycles. The lowest BCUT2D eigenvalue weighted by atomic mass is 9.93. The Morgan fingerprint density at radius 1 is 0.562 bits per heavy atom. The summed E-state index contributed by atoms with van der Waals surface area (Å²) in [6, 6.07) is 15.2. The molecule has 0 radical (unpaired) electrons. The zero-order valence-corrected chi connectivity index (χ0v) is 37.8. The second kappa shape index (κ2) is 16.7. The number of nitrogens with one attached hydrogen (secondary N) is 4. The largest absolute Gasteiger partial charge is 0.453 e. The number of amides is 4. The van der Waals surface area contributed by atoms with E-state index < -0.39 is 24.3 Å². The number of H-pyrrole nitrogens is 2. The molecule has 2 aromatic carbocycles. The van der Waals surface area contributed by atoms with E-state index in [4.69, 9.17) is 19.4 Å². The van der Waals surface area contributed by atoms with Crippen molar-refractivity contribution < 1.29 is 28.7 Å². The van der Waals surface area contributed by atoms with E-state index in [0.717, 1.165) is 90.2 Å². The Morgan fingerprint density at radius 2 is 1.02 bits per heavy atom. The number of rotatable bonds is 11. The van der Waals surface area contributed by atoms with Gasteiger partial charge in [-0.15, -0.1) is 0 Å². The van der Waals surface area contributed by atoms with Gasteiger partial charge in [0.05, 0.1) is 37.7 Å². The third-order valence-electron chi connectivity index (χ3n) is 16.3. The number of hydrogen-bond acceptors (Lipinski definition) is 8. The van der Waals surface area contributed by atoms with E-state index in [1.807, 2.05) is 22.2 Å². The van der Waals surface area contributed by atoms with Gasteiger partial charge in [-0.25, -0.2) is 19.6 Å². The lowest BCUT2D eigenvalue weighted by molar-refractivity contribution is -0.138. The zero-order chi connectivity index (χ0) is 44.6. The van der Waals surface area contributed by atoms with Crippen molar-refractivity contribution in [2.45, 2.75) is 115 Å². The summed E-state index contributed by atoms with van der Waals surface area (Å²) in [5.74, 6) is 4.68. The molecule has 4 saturated carbocycles. The third kappa shape index (κ3) is 7.84. The van der Waals surface area contributed by atoms with Gasteiger partial charge < -0.3 is 39.9 Å². The van der Waals surface area contributed by atoms with E-state index in [9.17, 15) is 19.2 Å². The van der Waals surface area contributed by atoms with Crippen LogP contribution >= 0.6 is 0 Å². The molecule has 338 valence electrons. The summed E-state index contributed by atoms with van der Waals surface area (Å²) in [7, 11) is 2.69. The maximum absolute atomic E-state index is 14.5. The zero-order valence-electron chi connectivity index (χ0n) is 37.8. The number of imidazole rings is 2. The van der Waals surface area contributed by atoms with Gasteiger partial charge in [0, 0.05) is 35.6 Å². The van der Waals surface area contributed by atoms with Gasteiger partial charge in [-0.05, 0) is 117 Å². The van der Waals surface area contributed by atoms with Crippen molar-refractivity contribution in [3.8, 4) is 33.6 Å². The number of ether oxygens (including phenoxy) is 2. The standard InChI is InChI=1S/C50H62N8O6/c1-25-15-36(16-26(25)2)43(55-49(61)63-5)47(59)57-28(4)27(3)17-41(57)45-51-23-38(53-45)31-11-7-29(8-12-31)30-9-13-32(14-10-30)39-24-52-46(54-39)42-22-35-21-40(35)58(42)48(60)44(56-50(62)64-6)37-19-33-18-34(33)20-37/h7-14,23-28,33-37,40-44H,15-22H2,1-6H3,(H,51,53)(H,52,54)(H,55,61)(H,56,62)/t25-,26+,27-,28-,33-,34+,35-,36-,37-,40-,41+,42+,43?,44?/m1/s1. The average molecular weight is 871 g/mol. The predicted octanol–water partition coefficient (Wildman–Crippen LogP) is 8.27. The van der Waals surface area contributed by atoms with Crippen molar-refractivity contribution in [3.05, 3.63) is 72.6 Å². The highest BCUT2D eigenvalue weighted by Gasteiger charge is 2.58. The Morgan fingerprint density at radius 3 is 1.52 bits per heavy atom. The molecule has 6 fully saturated rings. The summed E-state index contributed by atoms with van der Waals surface area (Å²) in [6.45, 7) is 8.71. The first-order chi connectivity index (χ1) is 30.9. The molecule has 2 unspecified atom stereocenters. The number of benzene rings is 2. The van der Waals surface area contributed by atoms with Gasteiger partial charge >= 0.3 is 12.2 Å². The number of nitrogens with zero attached hydrogens (tertiary/aromatic N) is 4. The van der Waals surface area contributed by atoms with Crippen LogP contribution < -0.4 is 10.6 Å². The molecule has 4 N–H and O–H groups in total. The normalized spacial score (nSPS) is 32.1. The van der Waals surface area contributed by atoms with E-state index in [0.29, 0.717) is 29.6 Å². The van der Waals surface area contributed by atoms with Crippen LogP contribution in [0.5, 0.6) is 0 Å². The maximum atomic E-state index is 14.5. The Hall–Kier alpha value is -5.66. The van der Waals surface area contributed by atoms with Crippen LogP contribution in [0.25, 0.3) is 33.6 Å². The minimum atomic E-state index is -0.656. The van der Waals surface area contributed by atoms with Crippen LogP contribution in [0.3, 0.4) is 0 Å². The molecular weight excluding hydrogens is 809 g/mol. The maximum Gasteiger partial charge on any atom is 0.407 e. The average Bonchev–Trinajstić information content (AvgIpc) is 3.71. The monoisotopic (exact) mass is 870 g/mol. The highest BCUT2D eigenvalue weighted by Crippen LogP contribution is 2.57. The third-order valence-corrected chi connectivity index (χ3v) is 16.3. The first-order valence-corrected chi connectivity index (χ1v) is 23.5. The van der Waals surface area contributed by atoms with Crippen molar-refractivity contribution in [1.29, 1.82) is 0 Å². The Bertz CT molecular complexity index is 2380. The second-order valence-corrected chi connectivity index (χ2v) is 20.2. The Balaban J connectivity index is 0.810. The molecule has 2 saturated heterocycles. The number of piperidine rings is 1. The van der Waals surface area contributed by atoms with E-state index in [2.05, 4.69) is 96.8 Å². The van der Waals surface area contributed by atoms with E-state index >= 15 is 0 Å². The van der Waals surface area contributed by atoms with E-state index in [-0.39, 0.29) is 53.7 Å². The summed E-state index contributed by atoms with van der Waals surface area (Å²) < 4.78 is 9.92. The van der Waals surface area contributed by atoms with Gasteiger partial charge in [-0.3, -0.25) is 9.59 Å². The van der Waals surface area contributed by atoms with Crippen LogP contribution in [0.15, 0.2) is 60.9 Å². The molecule has 0 bridgehead atoms. The first kappa shape index (κ1) is 42.3. The fourth-order valence-corrected chi connectivity index (χ4v) is 12.1. The molecule has 2 aliphatic heterocycles.